The number of carboxylic acids is 3. The molecule has 0 saturated carbocycles. The molecule has 7 N–H and O–H groups in total. The van der Waals surface area contributed by atoms with Gasteiger partial charge in [-0.2, -0.15) is 31.9 Å². The van der Waals surface area contributed by atoms with E-state index in [2.05, 4.69) is 255 Å². The number of benzene rings is 6. The Kier molecular flexibility index (Phi) is 56.1. The van der Waals surface area contributed by atoms with Crippen LogP contribution >= 0.6 is 69.6 Å². The monoisotopic (exact) mass is 2240 g/mol. The third kappa shape index (κ3) is 38.2. The number of terminal acetylenes is 2. The van der Waals surface area contributed by atoms with Crippen LogP contribution in [0.15, 0.2) is 226 Å². The number of aliphatic carboxylic acids is 3. The van der Waals surface area contributed by atoms with Crippen molar-refractivity contribution >= 4 is 134 Å². The molecule has 6 aliphatic rings. The molecule has 19 nitrogen and oxygen atoms in total. The standard InChI is InChI=1S/C57H69Cl3N4O4.C41H51ClN2O2.C15H20Cl2N2O.C2HF3O2.CO2.BrH.2ClH/c1-6-35-62(37-19-40-68-50-31-30-44(58)41-47(50)59)36-18-34-61-53(65)26-9-7-15-38-63-48-24-13-11-22-45(48)56(2,3)51(63)32-28-42-20-17-21-43(55(42)60)29-33-52-57(4,5)46-23-12-14-25-49(46)64(52)39-16-8-10-27-54(66)67;1-6-7-14-28-43-34-21-12-10-19-32(34)40(2,3)36(43)26-24-30-17-16-18-31(39(30)42)25-27-37-41(4,5)33-20-11-13-22-35(33)44(37)29-15-8-9-23-38(45)46;1-2-8-19(9-3-7-18)10-4-11-20-15-6-5-13(16)12-14(15)17;3-2(4,5)1(6)7;2-1-3;;;/h1,11-14,22-25,28-33,41H,7-10,15-21,26-27,34-40H2,2-5H3,(H-,61,65,66,67);10-13,19-22,24-27H,6-9,14-18,23,28-29H2,1-5H3;1,5-6,12H,3-4,7-11,18H2;(H,6,7);;3*1H. The van der Waals surface area contributed by atoms with Crippen LogP contribution in [0.4, 0.5) is 35.9 Å². The van der Waals surface area contributed by atoms with Crippen molar-refractivity contribution in [2.24, 2.45) is 0 Å². The zero-order valence-corrected chi connectivity index (χ0v) is 93.7. The molecule has 12 rings (SSSR count). The average Bonchev–Trinajstić information content (AvgIpc) is 1.61. The summed E-state index contributed by atoms with van der Waals surface area (Å²) >= 11 is 38.6. The van der Waals surface area contributed by atoms with Crippen LogP contribution in [-0.2, 0) is 50.4 Å². The van der Waals surface area contributed by atoms with E-state index >= 15 is 0 Å². The Morgan fingerprint density at radius 2 is 0.939 bits per heavy atom. The third-order valence-corrected chi connectivity index (χ3v) is 29.0. The van der Waals surface area contributed by atoms with Gasteiger partial charge in [0.2, 0.25) is 17.3 Å². The first-order chi connectivity index (χ1) is 68.8. The van der Waals surface area contributed by atoms with E-state index in [9.17, 15) is 27.6 Å². The van der Waals surface area contributed by atoms with Crippen molar-refractivity contribution in [2.45, 2.75) is 251 Å². The van der Waals surface area contributed by atoms with Gasteiger partial charge < -0.3 is 97.1 Å². The lowest BCUT2D eigenvalue weighted by atomic mass is 9.81. The average molecular weight is 2250 g/mol. The summed E-state index contributed by atoms with van der Waals surface area (Å²) in [6, 6.07) is 45.4. The molecule has 1 amide bonds. The van der Waals surface area contributed by atoms with Crippen LogP contribution < -0.4 is 82.1 Å². The smallest absolute Gasteiger partial charge is 0.430 e. The van der Waals surface area contributed by atoms with Crippen molar-refractivity contribution in [3.05, 3.63) is 268 Å². The lowest BCUT2D eigenvalue weighted by molar-refractivity contribution is -0.893. The minimum atomic E-state index is -5.19. The van der Waals surface area contributed by atoms with E-state index in [1.54, 1.807) is 36.4 Å². The van der Waals surface area contributed by atoms with Gasteiger partial charge in [-0.1, -0.05) is 227 Å². The second-order valence-corrected chi connectivity index (χ2v) is 41.3. The second-order valence-electron chi connectivity index (χ2n) is 38.9. The number of fused-ring (bicyclic) bond motifs is 4. The summed E-state index contributed by atoms with van der Waals surface area (Å²) in [6.45, 7) is 32.0. The molecule has 1 atom stereocenters. The summed E-state index contributed by atoms with van der Waals surface area (Å²) in [5.41, 5.74) is 23.6. The summed E-state index contributed by atoms with van der Waals surface area (Å²) in [7, 11) is 0. The van der Waals surface area contributed by atoms with Gasteiger partial charge in [-0.3, -0.25) is 19.3 Å². The number of ether oxygens (including phenoxy) is 2. The third-order valence-electron chi connectivity index (χ3n) is 26.9. The fraction of sp³-hybridized carbons (Fsp3) is 0.457. The lowest BCUT2D eigenvalue weighted by Gasteiger charge is -2.27. The zero-order chi connectivity index (χ0) is 105. The summed E-state index contributed by atoms with van der Waals surface area (Å²) in [4.78, 5) is 68.5. The number of allylic oxidation sites excluding steroid dienone is 16. The maximum absolute atomic E-state index is 12.8. The van der Waals surface area contributed by atoms with Gasteiger partial charge in [-0.05, 0) is 224 Å². The Balaban J connectivity index is 0.000000411. The number of carbonyl (C=O) groups excluding carboxylic acids is 4. The number of hydrogen-bond donors (Lipinski definition) is 5. The first kappa shape index (κ1) is 128. The molecule has 2 aliphatic carbocycles. The molecule has 6 aromatic carbocycles. The first-order valence-electron chi connectivity index (χ1n) is 50.4. The molecule has 0 radical (unpaired) electrons. The van der Waals surface area contributed by atoms with Crippen molar-refractivity contribution < 1.29 is 128 Å². The van der Waals surface area contributed by atoms with Gasteiger partial charge in [0, 0.05) is 167 Å². The van der Waals surface area contributed by atoms with Gasteiger partial charge in [-0.15, -0.1) is 12.8 Å². The van der Waals surface area contributed by atoms with Crippen molar-refractivity contribution in [2.75, 3.05) is 102 Å². The number of amides is 1. The number of para-hydroxylation sites is 4. The van der Waals surface area contributed by atoms with Gasteiger partial charge in [0.05, 0.1) is 60.3 Å². The number of anilines is 2. The van der Waals surface area contributed by atoms with E-state index in [1.165, 1.54) is 103 Å². The largest absolute Gasteiger partial charge is 1.00 e. The molecule has 147 heavy (non-hydrogen) atoms. The number of carbonyl (C=O) groups is 4. The zero-order valence-electron chi connectivity index (χ0n) is 86.1. The van der Waals surface area contributed by atoms with E-state index in [1.807, 2.05) is 0 Å². The highest BCUT2D eigenvalue weighted by Crippen LogP contribution is 2.51. The molecule has 6 aromatic rings. The van der Waals surface area contributed by atoms with Crippen molar-refractivity contribution in [3.63, 3.8) is 0 Å². The van der Waals surface area contributed by atoms with E-state index in [0.29, 0.717) is 77.2 Å². The van der Waals surface area contributed by atoms with Crippen molar-refractivity contribution in [1.82, 2.24) is 10.2 Å². The maximum Gasteiger partial charge on any atom is 0.430 e. The maximum atomic E-state index is 12.8. The minimum absolute atomic E-state index is 0. The normalized spacial score (nSPS) is 16.6. The fourth-order valence-corrected chi connectivity index (χ4v) is 20.9. The molecule has 0 aromatic heterocycles. The van der Waals surface area contributed by atoms with Crippen LogP contribution in [0.25, 0.3) is 0 Å². The van der Waals surface area contributed by atoms with Crippen LogP contribution in [0.2, 0.25) is 20.1 Å². The van der Waals surface area contributed by atoms with Gasteiger partial charge in [-0.25, -0.2) is 0 Å². The molecule has 1 unspecified atom stereocenters. The molecule has 4 heterocycles. The minimum Gasteiger partial charge on any atom is -1.00 e. The highest BCUT2D eigenvalue weighted by atomic mass is 79.9. The topological polar surface area (TPSA) is 244 Å². The van der Waals surface area contributed by atoms with E-state index in [0.717, 1.165) is 196 Å². The second kappa shape index (κ2) is 64.4. The quantitative estimate of drug-likeness (QED) is 0.0136. The van der Waals surface area contributed by atoms with Crippen molar-refractivity contribution in [1.29, 1.82) is 0 Å². The molecular formula is C116H144BrCl8F3N8O11. The SMILES string of the molecule is C#CCN(CCCNC(=O)CCCCC[N+]1=C(/C=C/C2=C(Cl)C(=C/C=C3\N(CCCCCC(=O)O)c4ccccc4C3(C)C)/CCC2)C(C)(C)c2ccccc21)CCCOc1ccc(Cl)cc1Cl.C#CC[NH+](CCC[NH3+])CCCOc1ccc(Cl)cc1Cl.CCCCC[N+]1=C(/C=C/C2=C(Cl)C(=C/C=C3\N(CCCCCC(=O)O)c4ccccc4C3(C)C)/CCC2)C(C)(C)c2ccccc21.O=C([O-])C(F)(F)F.O=C=O.[Br-].[Cl-].[Cl-]. The Labute approximate surface area is 921 Å². The van der Waals surface area contributed by atoms with Gasteiger partial charge >= 0.3 is 24.3 Å². The van der Waals surface area contributed by atoms with Crippen molar-refractivity contribution in [3.8, 4) is 36.2 Å². The highest BCUT2D eigenvalue weighted by Gasteiger charge is 2.47. The number of nitrogens with one attached hydrogen (secondary N) is 2. The van der Waals surface area contributed by atoms with Gasteiger partial charge in [0.15, 0.2) is 11.4 Å². The van der Waals surface area contributed by atoms with Crippen LogP contribution in [-0.4, -0.2) is 164 Å². The van der Waals surface area contributed by atoms with Crippen LogP contribution in [0.5, 0.6) is 11.5 Å². The Morgan fingerprint density at radius 1 is 0.531 bits per heavy atom. The molecule has 0 bridgehead atoms. The molecule has 0 fully saturated rings. The predicted octanol–water partition coefficient (Wildman–Crippen LogP) is 14.7. The number of carboxylic acid groups (broad SMARTS) is 3. The molecule has 31 heteroatoms. The number of quaternary nitrogens is 2. The fourth-order valence-electron chi connectivity index (χ4n) is 19.4. The molecule has 0 spiro atoms. The van der Waals surface area contributed by atoms with E-state index < -0.39 is 24.1 Å². The molecule has 4 aliphatic heterocycles. The Hall–Kier alpha value is -9.37. The van der Waals surface area contributed by atoms with Crippen LogP contribution in [0.1, 0.15) is 245 Å². The number of hydrogen-bond acceptors (Lipinski definition) is 12. The summed E-state index contributed by atoms with van der Waals surface area (Å²) in [5.74, 6) is 2.38. The summed E-state index contributed by atoms with van der Waals surface area (Å²) in [5, 5.41) is 34.0. The molecular weight excluding hydrogens is 2100 g/mol. The highest BCUT2D eigenvalue weighted by molar-refractivity contribution is 6.36. The summed E-state index contributed by atoms with van der Waals surface area (Å²) < 4.78 is 48.0. The first-order valence-corrected chi connectivity index (χ1v) is 52.6. The Bertz CT molecular complexity index is 5820. The van der Waals surface area contributed by atoms with Gasteiger partial charge in [0.1, 0.15) is 37.1 Å². The number of rotatable bonds is 47. The molecule has 0 saturated heterocycles. The number of alkyl halides is 3. The van der Waals surface area contributed by atoms with E-state index in [-0.39, 0.29) is 88.4 Å². The van der Waals surface area contributed by atoms with E-state index in [4.69, 9.17) is 122 Å². The summed E-state index contributed by atoms with van der Waals surface area (Å²) in [6.07, 6.45) is 46.3. The number of halogens is 12. The van der Waals surface area contributed by atoms with Crippen LogP contribution in [0, 0.1) is 24.7 Å². The van der Waals surface area contributed by atoms with Gasteiger partial charge in [0.25, 0.3) is 0 Å². The Morgan fingerprint density at radius 3 is 1.36 bits per heavy atom. The number of nitrogens with zero attached hydrogens (tertiary/aromatic N) is 5. The predicted molar refractivity (Wildman–Crippen MR) is 575 cm³/mol. The number of unbranched alkanes of at least 4 members (excludes halogenated alkanes) is 8. The van der Waals surface area contributed by atoms with Crippen LogP contribution in [0.3, 0.4) is 0 Å². The lowest BCUT2D eigenvalue weighted by Crippen LogP contribution is -3.12. The molecule has 798 valence electrons.